The molecule has 2 heterocycles. The Morgan fingerprint density at radius 2 is 1.65 bits per heavy atom. The maximum absolute atomic E-state index is 13.8. The minimum atomic E-state index is -5.11. The predicted octanol–water partition coefficient (Wildman–Crippen LogP) is -1.82. The molecule has 1 aromatic heterocycles. The van der Waals surface area contributed by atoms with Crippen molar-refractivity contribution in [1.29, 1.82) is 0 Å². The summed E-state index contributed by atoms with van der Waals surface area (Å²) in [4.78, 5) is 111. The van der Waals surface area contributed by atoms with Gasteiger partial charge < -0.3 is 51.8 Å². The third-order valence-electron chi connectivity index (χ3n) is 8.73. The molecule has 1 aliphatic rings. The molecule has 0 spiro atoms. The molecule has 22 heteroatoms. The molecule has 7 atom stereocenters. The molecular formula is C35H52N9O12P. The van der Waals surface area contributed by atoms with Gasteiger partial charge in [-0.2, -0.15) is 0 Å². The third kappa shape index (κ3) is 15.4. The zero-order valence-corrected chi connectivity index (χ0v) is 32.9. The lowest BCUT2D eigenvalue weighted by molar-refractivity contribution is -0.139. The van der Waals surface area contributed by atoms with Crippen LogP contribution in [-0.2, 0) is 55.5 Å². The van der Waals surface area contributed by atoms with Crippen molar-refractivity contribution in [2.45, 2.75) is 95.8 Å². The number of nitrogens with one attached hydrogen (secondary N) is 6. The second-order valence-corrected chi connectivity index (χ2v) is 15.0. The van der Waals surface area contributed by atoms with Gasteiger partial charge in [0.15, 0.2) is 0 Å². The summed E-state index contributed by atoms with van der Waals surface area (Å²) in [6.45, 7) is 5.10. The number of amides is 6. The molecule has 1 aliphatic heterocycles. The number of phosphoric acid groups is 1. The zero-order chi connectivity index (χ0) is 42.3. The number of rotatable bonds is 22. The van der Waals surface area contributed by atoms with E-state index in [-0.39, 0.29) is 37.6 Å². The van der Waals surface area contributed by atoms with Gasteiger partial charge >= 0.3 is 7.82 Å². The van der Waals surface area contributed by atoms with Crippen molar-refractivity contribution in [2.24, 2.45) is 11.7 Å². The molecule has 2 aromatic rings. The third-order valence-corrected chi connectivity index (χ3v) is 9.34. The van der Waals surface area contributed by atoms with Crippen LogP contribution in [0.1, 0.15) is 51.8 Å². The Bertz CT molecular complexity index is 1740. The van der Waals surface area contributed by atoms with Crippen molar-refractivity contribution in [1.82, 2.24) is 41.6 Å². The molecule has 1 fully saturated rings. The number of hydrogen-bond acceptors (Lipinski definition) is 12. The van der Waals surface area contributed by atoms with Crippen molar-refractivity contribution in [2.75, 3.05) is 13.2 Å². The van der Waals surface area contributed by atoms with Crippen LogP contribution in [0.5, 0.6) is 0 Å². The van der Waals surface area contributed by atoms with Crippen LogP contribution < -0.4 is 32.5 Å². The number of likely N-dealkylation sites (tertiary alicyclic amines) is 1. The Hall–Kier alpha value is -5.18. The lowest BCUT2D eigenvalue weighted by Crippen LogP contribution is -2.61. The van der Waals surface area contributed by atoms with Gasteiger partial charge in [-0.3, -0.25) is 43.6 Å². The largest absolute Gasteiger partial charge is 0.469 e. The highest BCUT2D eigenvalue weighted by molar-refractivity contribution is 7.46. The van der Waals surface area contributed by atoms with Gasteiger partial charge in [-0.15, -0.1) is 0 Å². The van der Waals surface area contributed by atoms with Crippen LogP contribution in [0.4, 0.5) is 0 Å². The Morgan fingerprint density at radius 1 is 1.00 bits per heavy atom. The smallest absolute Gasteiger partial charge is 0.394 e. The fourth-order valence-electron chi connectivity index (χ4n) is 5.96. The number of carbonyl (C=O) groups excluding carboxylic acids is 6. The molecule has 0 saturated carbocycles. The number of aliphatic hydroxyl groups is 1. The Labute approximate surface area is 329 Å². The molecule has 0 radical (unpaired) electrons. The van der Waals surface area contributed by atoms with Gasteiger partial charge in [-0.25, -0.2) is 9.55 Å². The Morgan fingerprint density at radius 3 is 2.23 bits per heavy atom. The van der Waals surface area contributed by atoms with Crippen molar-refractivity contribution in [3.05, 3.63) is 66.4 Å². The number of aliphatic hydroxyl groups excluding tert-OH is 1. The van der Waals surface area contributed by atoms with Gasteiger partial charge in [-0.1, -0.05) is 50.3 Å². The quantitative estimate of drug-likeness (QED) is 0.0462. The lowest BCUT2D eigenvalue weighted by atomic mass is 10.0. The van der Waals surface area contributed by atoms with Crippen LogP contribution in [0.3, 0.4) is 0 Å². The number of primary amides is 1. The van der Waals surface area contributed by atoms with Gasteiger partial charge in [-0.05, 0) is 31.2 Å². The minimum Gasteiger partial charge on any atom is -0.394 e. The number of aromatic nitrogens is 2. The molecule has 21 nitrogen and oxygen atoms in total. The number of aromatic amines is 1. The number of benzene rings is 1. The van der Waals surface area contributed by atoms with Gasteiger partial charge in [0, 0.05) is 37.9 Å². The van der Waals surface area contributed by atoms with E-state index in [0.717, 1.165) is 12.5 Å². The van der Waals surface area contributed by atoms with Gasteiger partial charge in [0.05, 0.1) is 25.6 Å². The number of hydrogen-bond donors (Lipinski definition) is 10. The molecule has 1 unspecified atom stereocenters. The van der Waals surface area contributed by atoms with E-state index in [1.54, 1.807) is 6.20 Å². The van der Waals surface area contributed by atoms with Crippen LogP contribution in [0.15, 0.2) is 55.1 Å². The standard InChI is InChI=1S/C35H52N9O12P/c1-20(2)13-26(41-35(51)29-15-25(17-44(29)22(4)46)55-39-12-8-11-23-9-6-5-7-10-23)32(48)40-27(14-24-16-37-19-38-24)33(49)42-28(18-45)34(50)43-30(31(36)47)21(3)56-57(52,53)54/h5-10,12,16,19-21,25-30,39,45H,11,13-15,17-18H2,1-4H3,(H2,36,47)(H,37,38)(H,40,48)(H,41,51)(H,42,49)(H,43,50)(H2,52,53,54)/b12-8+/t21-,25?,26+,27+,28+,29+,30+/m1/s1. The lowest BCUT2D eigenvalue weighted by Gasteiger charge is -2.28. The van der Waals surface area contributed by atoms with Gasteiger partial charge in [0.2, 0.25) is 35.4 Å². The highest BCUT2D eigenvalue weighted by Gasteiger charge is 2.41. The highest BCUT2D eigenvalue weighted by Crippen LogP contribution is 2.38. The number of H-pyrrole nitrogens is 1. The summed E-state index contributed by atoms with van der Waals surface area (Å²) in [5.41, 5.74) is 9.52. The van der Waals surface area contributed by atoms with Crippen LogP contribution in [0.25, 0.3) is 0 Å². The fourth-order valence-corrected chi connectivity index (χ4v) is 6.51. The van der Waals surface area contributed by atoms with Crippen LogP contribution in [-0.4, -0.2) is 121 Å². The molecule has 6 amide bonds. The summed E-state index contributed by atoms with van der Waals surface area (Å²) in [6, 6.07) is 2.65. The maximum atomic E-state index is 13.8. The molecule has 1 aromatic carbocycles. The predicted molar refractivity (Wildman–Crippen MR) is 201 cm³/mol. The molecule has 1 saturated heterocycles. The Balaban J connectivity index is 1.71. The molecule has 0 aliphatic carbocycles. The van der Waals surface area contributed by atoms with E-state index < -0.39 is 86.4 Å². The van der Waals surface area contributed by atoms with Crippen molar-refractivity contribution >= 4 is 43.3 Å². The number of phosphoric ester groups is 1. The van der Waals surface area contributed by atoms with Crippen LogP contribution in [0, 0.1) is 5.92 Å². The van der Waals surface area contributed by atoms with Crippen molar-refractivity contribution < 1.29 is 57.6 Å². The number of nitrogens with zero attached hydrogens (tertiary/aromatic N) is 2. The molecule has 0 bridgehead atoms. The van der Waals surface area contributed by atoms with Gasteiger partial charge in [0.1, 0.15) is 36.3 Å². The normalized spacial score (nSPS) is 18.3. The van der Waals surface area contributed by atoms with E-state index in [0.29, 0.717) is 12.1 Å². The van der Waals surface area contributed by atoms with E-state index in [1.165, 1.54) is 24.3 Å². The van der Waals surface area contributed by atoms with Crippen molar-refractivity contribution in [3.8, 4) is 0 Å². The van der Waals surface area contributed by atoms with E-state index in [4.69, 9.17) is 20.4 Å². The first kappa shape index (κ1) is 46.2. The molecule has 11 N–H and O–H groups in total. The highest BCUT2D eigenvalue weighted by atomic mass is 31.2. The second-order valence-electron chi connectivity index (χ2n) is 13.8. The first-order chi connectivity index (χ1) is 26.9. The number of allylic oxidation sites excluding steroid dienone is 1. The molecular weight excluding hydrogens is 769 g/mol. The summed E-state index contributed by atoms with van der Waals surface area (Å²) >= 11 is 0. The first-order valence-electron chi connectivity index (χ1n) is 18.1. The maximum Gasteiger partial charge on any atom is 0.469 e. The summed E-state index contributed by atoms with van der Waals surface area (Å²) in [7, 11) is -5.11. The monoisotopic (exact) mass is 821 g/mol. The fraction of sp³-hybridized carbons (Fsp3) is 0.514. The SMILES string of the molecule is CC(=O)N1CC(ON/C=C/Cc2ccccc2)C[C@H]1C(=O)N[C@@H](CC(C)C)C(=O)N[C@@H](Cc1cnc[nH]1)C(=O)N[C@@H](CO)C(=O)N[C@H](C(N)=O)[C@@H](C)OP(=O)(O)O. The number of imidazole rings is 1. The topological polar surface area (TPSA) is 317 Å². The molecule has 57 heavy (non-hydrogen) atoms. The average Bonchev–Trinajstić information content (AvgIpc) is 3.82. The van der Waals surface area contributed by atoms with Crippen LogP contribution >= 0.6 is 7.82 Å². The number of carbonyl (C=O) groups is 6. The second kappa shape index (κ2) is 21.9. The summed E-state index contributed by atoms with van der Waals surface area (Å²) < 4.78 is 15.7. The van der Waals surface area contributed by atoms with Crippen molar-refractivity contribution in [3.63, 3.8) is 0 Å². The van der Waals surface area contributed by atoms with E-state index in [2.05, 4.69) is 41.2 Å². The summed E-state index contributed by atoms with van der Waals surface area (Å²) in [5.74, 6) is -5.27. The number of nitrogens with two attached hydrogens (primary N) is 1. The molecule has 314 valence electrons. The zero-order valence-electron chi connectivity index (χ0n) is 32.0. The Kier molecular flexibility index (Phi) is 17.8. The average molecular weight is 822 g/mol. The summed E-state index contributed by atoms with van der Waals surface area (Å²) in [5, 5.41) is 19.7. The van der Waals surface area contributed by atoms with E-state index >= 15 is 0 Å². The van der Waals surface area contributed by atoms with Gasteiger partial charge in [0.25, 0.3) is 0 Å². The van der Waals surface area contributed by atoms with E-state index in [1.807, 2.05) is 50.3 Å². The van der Waals surface area contributed by atoms with Crippen LogP contribution in [0.2, 0.25) is 0 Å². The molecule has 3 rings (SSSR count). The summed E-state index contributed by atoms with van der Waals surface area (Å²) in [6.07, 6.45) is 4.75. The van der Waals surface area contributed by atoms with E-state index in [9.17, 15) is 38.4 Å². The number of hydroxylamine groups is 1. The first-order valence-corrected chi connectivity index (χ1v) is 19.6. The minimum absolute atomic E-state index is 0.107.